The highest BCUT2D eigenvalue weighted by Crippen LogP contribution is 2.24. The summed E-state index contributed by atoms with van der Waals surface area (Å²) < 4.78 is 46.8. The van der Waals surface area contributed by atoms with Crippen molar-refractivity contribution < 1.29 is 17.5 Å². The molecule has 1 aromatic carbocycles. The molecule has 3 rings (SSSR count). The summed E-state index contributed by atoms with van der Waals surface area (Å²) in [5.41, 5.74) is 1.60. The Morgan fingerprint density at radius 1 is 1.32 bits per heavy atom. The zero-order valence-electron chi connectivity index (χ0n) is 13.9. The third-order valence-electron chi connectivity index (χ3n) is 4.32. The predicted molar refractivity (Wildman–Crippen MR) is 95.8 cm³/mol. The van der Waals surface area contributed by atoms with Crippen LogP contribution in [0, 0.1) is 12.7 Å². The third kappa shape index (κ3) is 4.45. The molecule has 5 nitrogen and oxygen atoms in total. The third-order valence-corrected chi connectivity index (χ3v) is 6.59. The molecular weight excluding hydrogens is 363 g/mol. The van der Waals surface area contributed by atoms with Gasteiger partial charge in [0.1, 0.15) is 5.82 Å². The van der Waals surface area contributed by atoms with Crippen LogP contribution in [0.2, 0.25) is 0 Å². The summed E-state index contributed by atoms with van der Waals surface area (Å²) in [5.74, 6) is -0.562. The van der Waals surface area contributed by atoms with E-state index in [9.17, 15) is 12.8 Å². The summed E-state index contributed by atoms with van der Waals surface area (Å²) in [7, 11) is -3.78. The Morgan fingerprint density at radius 2 is 2.08 bits per heavy atom. The summed E-state index contributed by atoms with van der Waals surface area (Å²) in [6.45, 7) is 4.66. The van der Waals surface area contributed by atoms with Crippen LogP contribution < -0.4 is 4.72 Å². The summed E-state index contributed by atoms with van der Waals surface area (Å²) in [6.07, 6.45) is 0. The average Bonchev–Trinajstić information content (AvgIpc) is 3.12. The van der Waals surface area contributed by atoms with Crippen molar-refractivity contribution >= 4 is 21.4 Å². The lowest BCUT2D eigenvalue weighted by Crippen LogP contribution is -2.43. The van der Waals surface area contributed by atoms with E-state index in [1.54, 1.807) is 18.3 Å². The molecule has 1 atom stereocenters. The van der Waals surface area contributed by atoms with Crippen molar-refractivity contribution in [2.75, 3.05) is 32.8 Å². The van der Waals surface area contributed by atoms with Crippen molar-refractivity contribution in [2.45, 2.75) is 17.9 Å². The maximum atomic E-state index is 13.5. The topological polar surface area (TPSA) is 58.6 Å². The fraction of sp³-hybridized carbons (Fsp3) is 0.412. The Hall–Kier alpha value is -1.32. The molecule has 2 heterocycles. The van der Waals surface area contributed by atoms with Crippen LogP contribution in [0.15, 0.2) is 39.9 Å². The van der Waals surface area contributed by atoms with Gasteiger partial charge in [-0.1, -0.05) is 6.07 Å². The first kappa shape index (κ1) is 18.5. The fourth-order valence-corrected chi connectivity index (χ4v) is 4.94. The van der Waals surface area contributed by atoms with Crippen molar-refractivity contribution in [3.8, 4) is 0 Å². The maximum absolute atomic E-state index is 13.5. The van der Waals surface area contributed by atoms with E-state index in [1.807, 2.05) is 16.8 Å². The van der Waals surface area contributed by atoms with Crippen LogP contribution in [0.5, 0.6) is 0 Å². The van der Waals surface area contributed by atoms with E-state index in [-0.39, 0.29) is 17.5 Å². The van der Waals surface area contributed by atoms with Crippen LogP contribution in [0.4, 0.5) is 4.39 Å². The van der Waals surface area contributed by atoms with Gasteiger partial charge < -0.3 is 4.74 Å². The largest absolute Gasteiger partial charge is 0.379 e. The standard InChI is InChI=1S/C17H21FN2O3S2/c1-13-2-3-15(18)10-17(13)25(21,22)19-11-16(14-4-9-24-12-14)20-5-7-23-8-6-20/h2-4,9-10,12,16,19H,5-8,11H2,1H3. The lowest BCUT2D eigenvalue weighted by atomic mass is 10.1. The zero-order valence-corrected chi connectivity index (χ0v) is 15.6. The number of benzene rings is 1. The smallest absolute Gasteiger partial charge is 0.240 e. The molecule has 25 heavy (non-hydrogen) atoms. The van der Waals surface area contributed by atoms with Gasteiger partial charge in [-0.2, -0.15) is 11.3 Å². The highest BCUT2D eigenvalue weighted by molar-refractivity contribution is 7.89. The number of thiophene rings is 1. The minimum absolute atomic E-state index is 0.0152. The summed E-state index contributed by atoms with van der Waals surface area (Å²) in [4.78, 5) is 2.20. The van der Waals surface area contributed by atoms with Gasteiger partial charge in [0, 0.05) is 25.7 Å². The summed E-state index contributed by atoms with van der Waals surface area (Å²) >= 11 is 1.58. The Bertz CT molecular complexity index is 803. The van der Waals surface area contributed by atoms with Crippen LogP contribution in [0.1, 0.15) is 17.2 Å². The molecular formula is C17H21FN2O3S2. The van der Waals surface area contributed by atoms with Crippen molar-refractivity contribution in [3.63, 3.8) is 0 Å². The second-order valence-electron chi connectivity index (χ2n) is 5.98. The molecule has 2 aromatic rings. The number of nitrogens with one attached hydrogen (secondary N) is 1. The quantitative estimate of drug-likeness (QED) is 0.832. The van der Waals surface area contributed by atoms with E-state index in [0.29, 0.717) is 18.8 Å². The van der Waals surface area contributed by atoms with Crippen LogP contribution in [-0.4, -0.2) is 46.2 Å². The molecule has 1 fully saturated rings. The first-order valence-corrected chi connectivity index (χ1v) is 10.5. The summed E-state index contributed by atoms with van der Waals surface area (Å²) in [5, 5.41) is 4.01. The lowest BCUT2D eigenvalue weighted by molar-refractivity contribution is 0.0173. The summed E-state index contributed by atoms with van der Waals surface area (Å²) in [6, 6.07) is 5.73. The van der Waals surface area contributed by atoms with Gasteiger partial charge >= 0.3 is 0 Å². The highest BCUT2D eigenvalue weighted by atomic mass is 32.2. The molecule has 1 unspecified atom stereocenters. The van der Waals surface area contributed by atoms with Gasteiger partial charge in [0.05, 0.1) is 18.1 Å². The SMILES string of the molecule is Cc1ccc(F)cc1S(=O)(=O)NCC(c1ccsc1)N1CCOCC1. The van der Waals surface area contributed by atoms with E-state index < -0.39 is 15.8 Å². The number of ether oxygens (including phenoxy) is 1. The number of morpholine rings is 1. The van der Waals surface area contributed by atoms with Gasteiger partial charge in [0.2, 0.25) is 10.0 Å². The van der Waals surface area contributed by atoms with Gasteiger partial charge in [-0.15, -0.1) is 0 Å². The van der Waals surface area contributed by atoms with Gasteiger partial charge in [-0.05, 0) is 47.0 Å². The van der Waals surface area contributed by atoms with Crippen molar-refractivity contribution in [2.24, 2.45) is 0 Å². The molecule has 0 radical (unpaired) electrons. The molecule has 0 saturated carbocycles. The van der Waals surface area contributed by atoms with Gasteiger partial charge in [-0.25, -0.2) is 17.5 Å². The monoisotopic (exact) mass is 384 g/mol. The van der Waals surface area contributed by atoms with Crippen LogP contribution >= 0.6 is 11.3 Å². The predicted octanol–water partition coefficient (Wildman–Crippen LogP) is 2.55. The zero-order chi connectivity index (χ0) is 17.9. The molecule has 0 bridgehead atoms. The van der Waals surface area contributed by atoms with Crippen molar-refractivity contribution in [1.82, 2.24) is 9.62 Å². The second kappa shape index (κ2) is 7.92. The lowest BCUT2D eigenvalue weighted by Gasteiger charge is -2.34. The fourth-order valence-electron chi connectivity index (χ4n) is 2.94. The van der Waals surface area contributed by atoms with Gasteiger partial charge in [-0.3, -0.25) is 4.90 Å². The molecule has 1 N–H and O–H groups in total. The number of hydrogen-bond donors (Lipinski definition) is 1. The normalized spacial score (nSPS) is 17.5. The van der Waals surface area contributed by atoms with E-state index in [4.69, 9.17) is 4.74 Å². The van der Waals surface area contributed by atoms with E-state index in [1.165, 1.54) is 12.1 Å². The Kier molecular flexibility index (Phi) is 5.85. The van der Waals surface area contributed by atoms with Gasteiger partial charge in [0.15, 0.2) is 0 Å². The number of sulfonamides is 1. The van der Waals surface area contributed by atoms with E-state index in [0.717, 1.165) is 24.7 Å². The van der Waals surface area contributed by atoms with E-state index in [2.05, 4.69) is 9.62 Å². The van der Waals surface area contributed by atoms with Crippen molar-refractivity contribution in [1.29, 1.82) is 0 Å². The minimum atomic E-state index is -3.78. The highest BCUT2D eigenvalue weighted by Gasteiger charge is 2.26. The van der Waals surface area contributed by atoms with Crippen molar-refractivity contribution in [3.05, 3.63) is 52.0 Å². The first-order chi connectivity index (χ1) is 12.0. The number of rotatable bonds is 6. The second-order valence-corrected chi connectivity index (χ2v) is 8.50. The van der Waals surface area contributed by atoms with E-state index >= 15 is 0 Å². The molecule has 0 amide bonds. The number of halogens is 1. The molecule has 1 aliphatic rings. The minimum Gasteiger partial charge on any atom is -0.379 e. The molecule has 136 valence electrons. The van der Waals surface area contributed by atoms with Crippen LogP contribution in [0.25, 0.3) is 0 Å². The number of hydrogen-bond acceptors (Lipinski definition) is 5. The molecule has 1 saturated heterocycles. The molecule has 0 aliphatic carbocycles. The Labute approximate surface area is 151 Å². The molecule has 1 aliphatic heterocycles. The average molecular weight is 384 g/mol. The molecule has 0 spiro atoms. The van der Waals surface area contributed by atoms with Crippen LogP contribution in [0.3, 0.4) is 0 Å². The molecule has 1 aromatic heterocycles. The number of nitrogens with zero attached hydrogens (tertiary/aromatic N) is 1. The number of aryl methyl sites for hydroxylation is 1. The maximum Gasteiger partial charge on any atom is 0.240 e. The van der Waals surface area contributed by atoms with Gasteiger partial charge in [0.25, 0.3) is 0 Å². The van der Waals surface area contributed by atoms with Crippen LogP contribution in [-0.2, 0) is 14.8 Å². The Morgan fingerprint density at radius 3 is 2.76 bits per heavy atom. The first-order valence-electron chi connectivity index (χ1n) is 8.07. The molecule has 8 heteroatoms. The Balaban J connectivity index is 1.79.